The summed E-state index contributed by atoms with van der Waals surface area (Å²) in [4.78, 5) is 23.7. The Morgan fingerprint density at radius 2 is 2.10 bits per heavy atom. The van der Waals surface area contributed by atoms with Gasteiger partial charge in [-0.2, -0.15) is 0 Å². The number of amides is 1. The number of thiophene rings is 1. The summed E-state index contributed by atoms with van der Waals surface area (Å²) in [7, 11) is 0. The lowest BCUT2D eigenvalue weighted by molar-refractivity contribution is -0.137. The molecule has 1 aliphatic rings. The van der Waals surface area contributed by atoms with Crippen LogP contribution in [-0.4, -0.2) is 23.5 Å². The van der Waals surface area contributed by atoms with Crippen molar-refractivity contribution in [3.63, 3.8) is 0 Å². The lowest BCUT2D eigenvalue weighted by atomic mass is 10.1. The van der Waals surface area contributed by atoms with Crippen LogP contribution in [-0.2, 0) is 9.59 Å². The summed E-state index contributed by atoms with van der Waals surface area (Å²) in [6.07, 6.45) is 4.78. The zero-order chi connectivity index (χ0) is 15.2. The monoisotopic (exact) mass is 309 g/mol. The van der Waals surface area contributed by atoms with Crippen molar-refractivity contribution >= 4 is 23.2 Å². The number of aryl methyl sites for hydroxylation is 1. The Balaban J connectivity index is 1.55. The van der Waals surface area contributed by atoms with Gasteiger partial charge in [-0.05, 0) is 43.2 Å². The molecule has 1 aromatic heterocycles. The molecule has 2 N–H and O–H groups in total. The number of rotatable bonds is 9. The number of hydrogen-bond acceptors (Lipinski definition) is 3. The third-order valence-electron chi connectivity index (χ3n) is 3.98. The zero-order valence-electron chi connectivity index (χ0n) is 12.4. The Bertz CT molecular complexity index is 497. The molecule has 0 radical (unpaired) electrons. The van der Waals surface area contributed by atoms with E-state index in [1.165, 1.54) is 10.4 Å². The summed E-state index contributed by atoms with van der Waals surface area (Å²) in [5.74, 6) is 0.0419. The van der Waals surface area contributed by atoms with Crippen LogP contribution in [0, 0.1) is 12.8 Å². The second-order valence-corrected chi connectivity index (χ2v) is 6.71. The molecule has 2 rings (SSSR count). The highest BCUT2D eigenvalue weighted by Gasteiger charge is 2.44. The molecule has 5 heteroatoms. The minimum absolute atomic E-state index is 0.161. The van der Waals surface area contributed by atoms with Gasteiger partial charge < -0.3 is 10.4 Å². The van der Waals surface area contributed by atoms with E-state index in [9.17, 15) is 9.59 Å². The Labute approximate surface area is 129 Å². The number of nitrogens with one attached hydrogen (secondary N) is 1. The molecule has 0 spiro atoms. The molecule has 0 saturated heterocycles. The zero-order valence-corrected chi connectivity index (χ0v) is 13.2. The van der Waals surface area contributed by atoms with Crippen LogP contribution in [0.1, 0.15) is 54.9 Å². The van der Waals surface area contributed by atoms with Gasteiger partial charge in [0, 0.05) is 29.7 Å². The van der Waals surface area contributed by atoms with E-state index >= 15 is 0 Å². The van der Waals surface area contributed by atoms with Crippen molar-refractivity contribution in [3.05, 3.63) is 21.9 Å². The fourth-order valence-electron chi connectivity index (χ4n) is 2.64. The normalized spacial score (nSPS) is 20.2. The van der Waals surface area contributed by atoms with Crippen molar-refractivity contribution < 1.29 is 14.7 Å². The van der Waals surface area contributed by atoms with Crippen LogP contribution in [0.3, 0.4) is 0 Å². The van der Waals surface area contributed by atoms with Gasteiger partial charge in [-0.1, -0.05) is 12.8 Å². The van der Waals surface area contributed by atoms with Crippen molar-refractivity contribution in [2.24, 2.45) is 5.92 Å². The maximum atomic E-state index is 12.0. The molecule has 0 aromatic carbocycles. The first-order valence-electron chi connectivity index (χ1n) is 7.63. The first-order valence-corrected chi connectivity index (χ1v) is 8.51. The standard InChI is InChI=1S/C16H23NO3S/c1-11-7-9-21-15(11)12-10-13(12)16(20)17-8-5-3-2-4-6-14(18)19/h7,9,12-13H,2-6,8,10H2,1H3,(H,17,20)(H,18,19). The maximum Gasteiger partial charge on any atom is 0.303 e. The smallest absolute Gasteiger partial charge is 0.303 e. The molecule has 1 fully saturated rings. The van der Waals surface area contributed by atoms with E-state index in [0.29, 0.717) is 12.5 Å². The first kappa shape index (κ1) is 16.0. The van der Waals surface area contributed by atoms with E-state index in [4.69, 9.17) is 5.11 Å². The van der Waals surface area contributed by atoms with Gasteiger partial charge in [0.05, 0.1) is 0 Å². The highest BCUT2D eigenvalue weighted by Crippen LogP contribution is 2.50. The first-order chi connectivity index (χ1) is 10.1. The molecule has 1 amide bonds. The van der Waals surface area contributed by atoms with Crippen molar-refractivity contribution in [3.8, 4) is 0 Å². The van der Waals surface area contributed by atoms with Crippen LogP contribution in [0.25, 0.3) is 0 Å². The second-order valence-electron chi connectivity index (χ2n) is 5.77. The maximum absolute atomic E-state index is 12.0. The third kappa shape index (κ3) is 4.84. The highest BCUT2D eigenvalue weighted by molar-refractivity contribution is 7.10. The minimum Gasteiger partial charge on any atom is -0.481 e. The van der Waals surface area contributed by atoms with Crippen LogP contribution in [0.5, 0.6) is 0 Å². The predicted octanol–water partition coefficient (Wildman–Crippen LogP) is 3.31. The number of carbonyl (C=O) groups is 2. The van der Waals surface area contributed by atoms with Gasteiger partial charge in [-0.25, -0.2) is 0 Å². The summed E-state index contributed by atoms with van der Waals surface area (Å²) in [6, 6.07) is 2.12. The average Bonchev–Trinajstić information content (AvgIpc) is 3.12. The molecule has 2 atom stereocenters. The van der Waals surface area contributed by atoms with Crippen molar-refractivity contribution in [2.45, 2.75) is 51.4 Å². The lowest BCUT2D eigenvalue weighted by Gasteiger charge is -2.05. The predicted molar refractivity (Wildman–Crippen MR) is 83.6 cm³/mol. The summed E-state index contributed by atoms with van der Waals surface area (Å²) < 4.78 is 0. The van der Waals surface area contributed by atoms with E-state index in [1.807, 2.05) is 0 Å². The summed E-state index contributed by atoms with van der Waals surface area (Å²) in [5.41, 5.74) is 1.30. The van der Waals surface area contributed by atoms with E-state index in [-0.39, 0.29) is 18.2 Å². The second kappa shape index (κ2) is 7.59. The number of unbranched alkanes of at least 4 members (excludes halogenated alkanes) is 3. The Kier molecular flexibility index (Phi) is 5.79. The van der Waals surface area contributed by atoms with Crippen LogP contribution in [0.4, 0.5) is 0 Å². The number of aliphatic carboxylic acids is 1. The molecule has 116 valence electrons. The number of carboxylic acids is 1. The number of carboxylic acid groups (broad SMARTS) is 1. The van der Waals surface area contributed by atoms with Gasteiger partial charge in [0.25, 0.3) is 0 Å². The summed E-state index contributed by atoms with van der Waals surface area (Å²) in [6.45, 7) is 2.81. The van der Waals surface area contributed by atoms with Crippen LogP contribution in [0.15, 0.2) is 11.4 Å². The topological polar surface area (TPSA) is 66.4 Å². The van der Waals surface area contributed by atoms with Crippen LogP contribution < -0.4 is 5.32 Å². The average molecular weight is 309 g/mol. The van der Waals surface area contributed by atoms with Crippen molar-refractivity contribution in [2.75, 3.05) is 6.54 Å². The SMILES string of the molecule is Cc1ccsc1C1CC1C(=O)NCCCCCCC(=O)O. The molecule has 2 unspecified atom stereocenters. The van der Waals surface area contributed by atoms with Gasteiger partial charge in [-0.15, -0.1) is 11.3 Å². The molecule has 1 saturated carbocycles. The van der Waals surface area contributed by atoms with Gasteiger partial charge in [0.2, 0.25) is 5.91 Å². The third-order valence-corrected chi connectivity index (χ3v) is 5.13. The fourth-order valence-corrected chi connectivity index (χ4v) is 3.74. The molecule has 1 aromatic rings. The Morgan fingerprint density at radius 3 is 2.76 bits per heavy atom. The molecule has 4 nitrogen and oxygen atoms in total. The Hall–Kier alpha value is -1.36. The summed E-state index contributed by atoms with van der Waals surface area (Å²) >= 11 is 1.75. The quantitative estimate of drug-likeness (QED) is 0.688. The van der Waals surface area contributed by atoms with E-state index in [1.54, 1.807) is 11.3 Å². The molecule has 0 aliphatic heterocycles. The van der Waals surface area contributed by atoms with Gasteiger partial charge in [0.15, 0.2) is 0 Å². The van der Waals surface area contributed by atoms with Gasteiger partial charge in [0.1, 0.15) is 0 Å². The highest BCUT2D eigenvalue weighted by atomic mass is 32.1. The molecular weight excluding hydrogens is 286 g/mol. The van der Waals surface area contributed by atoms with Crippen molar-refractivity contribution in [1.82, 2.24) is 5.32 Å². The van der Waals surface area contributed by atoms with Gasteiger partial charge >= 0.3 is 5.97 Å². The van der Waals surface area contributed by atoms with Crippen LogP contribution >= 0.6 is 11.3 Å². The Morgan fingerprint density at radius 1 is 1.33 bits per heavy atom. The van der Waals surface area contributed by atoms with E-state index in [2.05, 4.69) is 23.7 Å². The van der Waals surface area contributed by atoms with E-state index < -0.39 is 5.97 Å². The van der Waals surface area contributed by atoms with Crippen LogP contribution in [0.2, 0.25) is 0 Å². The molecule has 21 heavy (non-hydrogen) atoms. The summed E-state index contributed by atoms with van der Waals surface area (Å²) in [5, 5.41) is 13.6. The van der Waals surface area contributed by atoms with Gasteiger partial charge in [-0.3, -0.25) is 9.59 Å². The minimum atomic E-state index is -0.730. The molecule has 1 heterocycles. The van der Waals surface area contributed by atoms with Crippen molar-refractivity contribution in [1.29, 1.82) is 0 Å². The van der Waals surface area contributed by atoms with E-state index in [0.717, 1.165) is 32.1 Å². The largest absolute Gasteiger partial charge is 0.481 e. The molecule has 1 aliphatic carbocycles. The molecule has 0 bridgehead atoms. The lowest BCUT2D eigenvalue weighted by Crippen LogP contribution is -2.26. The molecular formula is C16H23NO3S. The number of carbonyl (C=O) groups excluding carboxylic acids is 1. The fraction of sp³-hybridized carbons (Fsp3) is 0.625. The number of hydrogen-bond donors (Lipinski definition) is 2.